The Morgan fingerprint density at radius 1 is 1.28 bits per heavy atom. The van der Waals surface area contributed by atoms with Gasteiger partial charge in [-0.1, -0.05) is 23.2 Å². The van der Waals surface area contributed by atoms with Crippen molar-refractivity contribution < 1.29 is 4.74 Å². The van der Waals surface area contributed by atoms with Crippen molar-refractivity contribution in [2.24, 2.45) is 0 Å². The molecular formula is C11H10Cl2N4O. The number of nitrogens with one attached hydrogen (secondary N) is 1. The number of anilines is 3. The van der Waals surface area contributed by atoms with Gasteiger partial charge >= 0.3 is 0 Å². The molecule has 0 saturated carbocycles. The Balaban J connectivity index is 2.37. The molecular weight excluding hydrogens is 275 g/mol. The van der Waals surface area contributed by atoms with Gasteiger partial charge in [0.25, 0.3) is 0 Å². The van der Waals surface area contributed by atoms with E-state index in [0.29, 0.717) is 27.3 Å². The maximum atomic E-state index is 6.05. The van der Waals surface area contributed by atoms with Crippen LogP contribution in [0.25, 0.3) is 0 Å². The molecule has 0 saturated heterocycles. The monoisotopic (exact) mass is 284 g/mol. The van der Waals surface area contributed by atoms with Crippen LogP contribution in [0.4, 0.5) is 17.3 Å². The molecule has 0 bridgehead atoms. The summed E-state index contributed by atoms with van der Waals surface area (Å²) >= 11 is 11.9. The van der Waals surface area contributed by atoms with Crippen molar-refractivity contribution in [3.05, 3.63) is 34.6 Å². The fraction of sp³-hybridized carbons (Fsp3) is 0.0909. The number of ether oxygens (including phenoxy) is 1. The van der Waals surface area contributed by atoms with E-state index >= 15 is 0 Å². The van der Waals surface area contributed by atoms with Gasteiger partial charge in [-0.05, 0) is 18.2 Å². The van der Waals surface area contributed by atoms with Crippen molar-refractivity contribution in [1.29, 1.82) is 0 Å². The predicted octanol–water partition coefficient (Wildman–Crippen LogP) is 3.12. The molecule has 1 heterocycles. The molecule has 2 aromatic rings. The van der Waals surface area contributed by atoms with Gasteiger partial charge in [0, 0.05) is 5.02 Å². The van der Waals surface area contributed by atoms with E-state index in [0.717, 1.165) is 0 Å². The second-order valence-corrected chi connectivity index (χ2v) is 4.23. The van der Waals surface area contributed by atoms with Crippen LogP contribution in [0.2, 0.25) is 10.0 Å². The van der Waals surface area contributed by atoms with Crippen LogP contribution >= 0.6 is 23.2 Å². The number of hydrogen-bond acceptors (Lipinski definition) is 5. The summed E-state index contributed by atoms with van der Waals surface area (Å²) in [5, 5.41) is 4.04. The summed E-state index contributed by atoms with van der Waals surface area (Å²) in [6.07, 6.45) is 1.34. The molecule has 5 nitrogen and oxygen atoms in total. The summed E-state index contributed by atoms with van der Waals surface area (Å²) in [5.74, 6) is 1.05. The molecule has 0 amide bonds. The number of nitrogen functional groups attached to an aromatic ring is 1. The number of halogens is 2. The Bertz CT molecular complexity index is 577. The summed E-state index contributed by atoms with van der Waals surface area (Å²) in [6.45, 7) is 0. The highest BCUT2D eigenvalue weighted by Gasteiger charge is 2.11. The molecule has 0 spiro atoms. The highest BCUT2D eigenvalue weighted by Crippen LogP contribution is 2.32. The first-order valence-corrected chi connectivity index (χ1v) is 5.74. The number of hydrogen-bond donors (Lipinski definition) is 2. The van der Waals surface area contributed by atoms with Crippen molar-refractivity contribution in [2.45, 2.75) is 0 Å². The van der Waals surface area contributed by atoms with E-state index in [-0.39, 0.29) is 5.82 Å². The maximum absolute atomic E-state index is 6.05. The van der Waals surface area contributed by atoms with Crippen LogP contribution in [0.3, 0.4) is 0 Å². The Hall–Kier alpha value is -1.72. The summed E-state index contributed by atoms with van der Waals surface area (Å²) in [5.41, 5.74) is 6.33. The zero-order valence-electron chi connectivity index (χ0n) is 9.45. The first-order valence-electron chi connectivity index (χ1n) is 4.98. The SMILES string of the molecule is COc1c(N)ncnc1Nc1ccc(Cl)cc1Cl. The van der Waals surface area contributed by atoms with Gasteiger partial charge in [0.05, 0.1) is 17.8 Å². The van der Waals surface area contributed by atoms with Crippen LogP contribution in [0.15, 0.2) is 24.5 Å². The highest BCUT2D eigenvalue weighted by atomic mass is 35.5. The van der Waals surface area contributed by atoms with Crippen LogP contribution in [-0.2, 0) is 0 Å². The van der Waals surface area contributed by atoms with E-state index < -0.39 is 0 Å². The van der Waals surface area contributed by atoms with E-state index in [1.807, 2.05) is 0 Å². The lowest BCUT2D eigenvalue weighted by molar-refractivity contribution is 0.415. The number of benzene rings is 1. The average molecular weight is 285 g/mol. The molecule has 2 rings (SSSR count). The van der Waals surface area contributed by atoms with E-state index in [4.69, 9.17) is 33.7 Å². The number of nitrogens with zero attached hydrogens (tertiary/aromatic N) is 2. The number of rotatable bonds is 3. The van der Waals surface area contributed by atoms with Crippen molar-refractivity contribution in [2.75, 3.05) is 18.2 Å². The van der Waals surface area contributed by atoms with Gasteiger partial charge in [-0.2, -0.15) is 0 Å². The second kappa shape index (κ2) is 5.29. The smallest absolute Gasteiger partial charge is 0.204 e. The largest absolute Gasteiger partial charge is 0.490 e. The first-order chi connectivity index (χ1) is 8.61. The first kappa shape index (κ1) is 12.7. The minimum atomic E-state index is 0.250. The van der Waals surface area contributed by atoms with Crippen LogP contribution in [0.1, 0.15) is 0 Å². The summed E-state index contributed by atoms with van der Waals surface area (Å²) in [4.78, 5) is 7.89. The zero-order chi connectivity index (χ0) is 13.1. The molecule has 0 atom stereocenters. The molecule has 7 heteroatoms. The van der Waals surface area contributed by atoms with Crippen LogP contribution < -0.4 is 15.8 Å². The lowest BCUT2D eigenvalue weighted by atomic mass is 10.3. The quantitative estimate of drug-likeness (QED) is 0.906. The van der Waals surface area contributed by atoms with Gasteiger partial charge in [-0.25, -0.2) is 9.97 Å². The van der Waals surface area contributed by atoms with Crippen molar-refractivity contribution in [3.63, 3.8) is 0 Å². The van der Waals surface area contributed by atoms with Gasteiger partial charge in [0.15, 0.2) is 11.6 Å². The third-order valence-electron chi connectivity index (χ3n) is 2.22. The Kier molecular flexibility index (Phi) is 3.74. The molecule has 0 radical (unpaired) electrons. The maximum Gasteiger partial charge on any atom is 0.204 e. The molecule has 3 N–H and O–H groups in total. The van der Waals surface area contributed by atoms with E-state index in [1.54, 1.807) is 18.2 Å². The molecule has 94 valence electrons. The minimum absolute atomic E-state index is 0.250. The van der Waals surface area contributed by atoms with Gasteiger partial charge in [0.1, 0.15) is 6.33 Å². The summed E-state index contributed by atoms with van der Waals surface area (Å²) in [7, 11) is 1.49. The Morgan fingerprint density at radius 2 is 2.06 bits per heavy atom. The third kappa shape index (κ3) is 2.57. The van der Waals surface area contributed by atoms with E-state index in [1.165, 1.54) is 13.4 Å². The standard InChI is InChI=1S/C11H10Cl2N4O/c1-18-9-10(14)15-5-16-11(9)17-8-3-2-6(12)4-7(8)13/h2-5H,1H3,(H3,14,15,16,17). The second-order valence-electron chi connectivity index (χ2n) is 3.39. The molecule has 1 aromatic carbocycles. The summed E-state index contributed by atoms with van der Waals surface area (Å²) in [6, 6.07) is 5.08. The van der Waals surface area contributed by atoms with E-state index in [9.17, 15) is 0 Å². The van der Waals surface area contributed by atoms with Gasteiger partial charge in [0.2, 0.25) is 5.75 Å². The van der Waals surface area contributed by atoms with Crippen LogP contribution in [0, 0.1) is 0 Å². The predicted molar refractivity (Wildman–Crippen MR) is 72.7 cm³/mol. The number of aromatic nitrogens is 2. The van der Waals surface area contributed by atoms with Gasteiger partial charge in [-0.3, -0.25) is 0 Å². The Labute approximate surface area is 114 Å². The fourth-order valence-electron chi connectivity index (χ4n) is 1.40. The zero-order valence-corrected chi connectivity index (χ0v) is 11.0. The molecule has 0 aliphatic carbocycles. The van der Waals surface area contributed by atoms with Crippen molar-refractivity contribution >= 4 is 40.5 Å². The van der Waals surface area contributed by atoms with Gasteiger partial charge in [-0.15, -0.1) is 0 Å². The minimum Gasteiger partial charge on any atom is -0.490 e. The van der Waals surface area contributed by atoms with E-state index in [2.05, 4.69) is 15.3 Å². The molecule has 0 fully saturated rings. The molecule has 18 heavy (non-hydrogen) atoms. The number of methoxy groups -OCH3 is 1. The molecule has 0 unspecified atom stereocenters. The Morgan fingerprint density at radius 3 is 2.72 bits per heavy atom. The van der Waals surface area contributed by atoms with Crippen LogP contribution in [0.5, 0.6) is 5.75 Å². The normalized spacial score (nSPS) is 10.2. The number of nitrogens with two attached hydrogens (primary N) is 1. The molecule has 1 aromatic heterocycles. The lowest BCUT2D eigenvalue weighted by Gasteiger charge is -2.12. The van der Waals surface area contributed by atoms with Crippen LogP contribution in [-0.4, -0.2) is 17.1 Å². The lowest BCUT2D eigenvalue weighted by Crippen LogP contribution is -2.03. The van der Waals surface area contributed by atoms with Gasteiger partial charge < -0.3 is 15.8 Å². The van der Waals surface area contributed by atoms with Crippen molar-refractivity contribution in [1.82, 2.24) is 9.97 Å². The summed E-state index contributed by atoms with van der Waals surface area (Å²) < 4.78 is 5.13. The van der Waals surface area contributed by atoms with Crippen molar-refractivity contribution in [3.8, 4) is 5.75 Å². The third-order valence-corrected chi connectivity index (χ3v) is 2.77. The fourth-order valence-corrected chi connectivity index (χ4v) is 1.85. The molecule has 0 aliphatic heterocycles. The molecule has 0 aliphatic rings. The average Bonchev–Trinajstić information content (AvgIpc) is 2.33. The topological polar surface area (TPSA) is 73.1 Å². The highest BCUT2D eigenvalue weighted by molar-refractivity contribution is 6.36.